The van der Waals surface area contributed by atoms with Crippen LogP contribution in [-0.2, 0) is 0 Å². The highest BCUT2D eigenvalue weighted by Crippen LogP contribution is 2.27. The topological polar surface area (TPSA) is 0 Å². The molecule has 0 heterocycles. The van der Waals surface area contributed by atoms with E-state index in [2.05, 4.69) is 147 Å². The lowest BCUT2D eigenvalue weighted by Crippen LogP contribution is -1.82. The molecular formula is C34H28. The zero-order valence-electron chi connectivity index (χ0n) is 19.7. The molecule has 0 N–H and O–H groups in total. The summed E-state index contributed by atoms with van der Waals surface area (Å²) in [6.07, 6.45) is 0. The van der Waals surface area contributed by atoms with Crippen molar-refractivity contribution in [1.29, 1.82) is 0 Å². The van der Waals surface area contributed by atoms with Crippen LogP contribution < -0.4 is 0 Å². The van der Waals surface area contributed by atoms with E-state index in [4.69, 9.17) is 0 Å². The zero-order valence-corrected chi connectivity index (χ0v) is 19.7. The summed E-state index contributed by atoms with van der Waals surface area (Å²) in [7, 11) is 0. The van der Waals surface area contributed by atoms with Crippen LogP contribution in [0.15, 0.2) is 133 Å². The molecule has 0 bridgehead atoms. The third-order valence-corrected chi connectivity index (χ3v) is 6.31. The highest BCUT2D eigenvalue weighted by Gasteiger charge is 2.02. The highest BCUT2D eigenvalue weighted by molar-refractivity contribution is 5.88. The van der Waals surface area contributed by atoms with Crippen LogP contribution in [0.3, 0.4) is 0 Å². The molecule has 6 aromatic carbocycles. The Kier molecular flexibility index (Phi) is 6.23. The molecule has 0 nitrogen and oxygen atoms in total. The Bertz CT molecular complexity index is 1570. The summed E-state index contributed by atoms with van der Waals surface area (Å²) in [5.74, 6) is 0. The maximum absolute atomic E-state index is 2.26. The fourth-order valence-electron chi connectivity index (χ4n) is 4.45. The second kappa shape index (κ2) is 9.77. The number of aryl methyl sites for hydroxylation is 2. The predicted molar refractivity (Wildman–Crippen MR) is 148 cm³/mol. The van der Waals surface area contributed by atoms with Crippen molar-refractivity contribution in [2.45, 2.75) is 13.8 Å². The number of rotatable bonds is 2. The van der Waals surface area contributed by atoms with Crippen molar-refractivity contribution >= 4 is 21.5 Å². The second-order valence-electron chi connectivity index (χ2n) is 8.81. The van der Waals surface area contributed by atoms with Crippen LogP contribution in [0.25, 0.3) is 43.8 Å². The molecule has 0 saturated heterocycles. The molecular weight excluding hydrogens is 408 g/mol. The van der Waals surface area contributed by atoms with Gasteiger partial charge >= 0.3 is 0 Å². The highest BCUT2D eigenvalue weighted by atomic mass is 14.1. The van der Waals surface area contributed by atoms with Gasteiger partial charge in [0.1, 0.15) is 0 Å². The Morgan fingerprint density at radius 2 is 0.882 bits per heavy atom. The Morgan fingerprint density at radius 3 is 1.53 bits per heavy atom. The normalized spacial score (nSPS) is 10.6. The van der Waals surface area contributed by atoms with Crippen LogP contribution in [0.4, 0.5) is 0 Å². The lowest BCUT2D eigenvalue weighted by molar-refractivity contribution is 1.46. The fraction of sp³-hybridized carbons (Fsp3) is 0.0588. The quantitative estimate of drug-likeness (QED) is 0.253. The van der Waals surface area contributed by atoms with Gasteiger partial charge in [-0.15, -0.1) is 0 Å². The number of fused-ring (bicyclic) bond motifs is 2. The molecule has 0 radical (unpaired) electrons. The molecule has 0 heteroatoms. The summed E-state index contributed by atoms with van der Waals surface area (Å²) in [5, 5.41) is 5.19. The molecule has 0 unspecified atom stereocenters. The van der Waals surface area contributed by atoms with Crippen molar-refractivity contribution in [3.8, 4) is 22.3 Å². The van der Waals surface area contributed by atoms with E-state index in [0.717, 1.165) is 0 Å². The first-order chi connectivity index (χ1) is 16.7. The van der Waals surface area contributed by atoms with Gasteiger partial charge in [0, 0.05) is 0 Å². The van der Waals surface area contributed by atoms with Crippen molar-refractivity contribution in [3.63, 3.8) is 0 Å². The van der Waals surface area contributed by atoms with Crippen molar-refractivity contribution < 1.29 is 0 Å². The first-order valence-electron chi connectivity index (χ1n) is 11.8. The third kappa shape index (κ3) is 4.77. The van der Waals surface area contributed by atoms with Crippen LogP contribution in [0.5, 0.6) is 0 Å². The van der Waals surface area contributed by atoms with Gasteiger partial charge in [0.15, 0.2) is 0 Å². The minimum absolute atomic E-state index is 1.28. The lowest BCUT2D eigenvalue weighted by atomic mass is 9.98. The van der Waals surface area contributed by atoms with E-state index in [9.17, 15) is 0 Å². The van der Waals surface area contributed by atoms with Crippen LogP contribution in [0.2, 0.25) is 0 Å². The summed E-state index contributed by atoms with van der Waals surface area (Å²) in [6.45, 7) is 4.29. The predicted octanol–water partition coefficient (Wildman–Crippen LogP) is 9.63. The number of benzene rings is 6. The van der Waals surface area contributed by atoms with Crippen LogP contribution in [0, 0.1) is 13.8 Å². The van der Waals surface area contributed by atoms with Crippen molar-refractivity contribution in [2.75, 3.05) is 0 Å². The van der Waals surface area contributed by atoms with E-state index in [1.807, 2.05) is 0 Å². The molecule has 0 aliphatic heterocycles. The molecule has 34 heavy (non-hydrogen) atoms. The first kappa shape index (κ1) is 21.7. The van der Waals surface area contributed by atoms with E-state index in [-0.39, 0.29) is 0 Å². The number of hydrogen-bond acceptors (Lipinski definition) is 0. The van der Waals surface area contributed by atoms with E-state index in [1.54, 1.807) is 0 Å². The van der Waals surface area contributed by atoms with Gasteiger partial charge in [0.2, 0.25) is 0 Å². The molecule has 0 aliphatic carbocycles. The van der Waals surface area contributed by atoms with Crippen LogP contribution in [0.1, 0.15) is 11.1 Å². The molecule has 0 aliphatic rings. The van der Waals surface area contributed by atoms with Gasteiger partial charge in [-0.3, -0.25) is 0 Å². The summed E-state index contributed by atoms with van der Waals surface area (Å²) in [4.78, 5) is 0. The molecule has 6 rings (SSSR count). The minimum Gasteiger partial charge on any atom is -0.0620 e. The smallest absolute Gasteiger partial charge is 0.0155 e. The molecule has 0 atom stereocenters. The Morgan fingerprint density at radius 1 is 0.353 bits per heavy atom. The molecule has 6 aromatic rings. The largest absolute Gasteiger partial charge is 0.0620 e. The van der Waals surface area contributed by atoms with Crippen molar-refractivity contribution in [2.24, 2.45) is 0 Å². The fourth-order valence-corrected chi connectivity index (χ4v) is 4.45. The van der Waals surface area contributed by atoms with Gasteiger partial charge in [-0.25, -0.2) is 0 Å². The van der Waals surface area contributed by atoms with Gasteiger partial charge in [-0.1, -0.05) is 127 Å². The second-order valence-corrected chi connectivity index (χ2v) is 8.81. The van der Waals surface area contributed by atoms with E-state index >= 15 is 0 Å². The summed E-state index contributed by atoms with van der Waals surface area (Å²) in [5.41, 5.74) is 7.81. The summed E-state index contributed by atoms with van der Waals surface area (Å²) >= 11 is 0. The standard InChI is InChI=1S/2C17H14/c1-13-6-2-5-9-17(13)16-11-10-14-7-3-4-8-15(14)12-16;1-13-5-4-8-15(11-13)17-10-9-14-6-2-3-7-16(14)12-17/h2*2-12H,1H3. The number of hydrogen-bond donors (Lipinski definition) is 0. The average molecular weight is 437 g/mol. The molecule has 0 saturated carbocycles. The lowest BCUT2D eigenvalue weighted by Gasteiger charge is -2.07. The minimum atomic E-state index is 1.28. The van der Waals surface area contributed by atoms with E-state index in [1.165, 1.54) is 54.9 Å². The first-order valence-corrected chi connectivity index (χ1v) is 11.8. The van der Waals surface area contributed by atoms with Gasteiger partial charge in [0.05, 0.1) is 0 Å². The van der Waals surface area contributed by atoms with E-state index in [0.29, 0.717) is 0 Å². The maximum atomic E-state index is 2.26. The molecule has 0 aromatic heterocycles. The average Bonchev–Trinajstić information content (AvgIpc) is 2.89. The molecule has 0 spiro atoms. The van der Waals surface area contributed by atoms with Gasteiger partial charge in [-0.05, 0) is 75.3 Å². The Balaban J connectivity index is 0.000000142. The SMILES string of the molecule is Cc1cccc(-c2ccc3ccccc3c2)c1.Cc1ccccc1-c1ccc2ccccc2c1. The summed E-state index contributed by atoms with van der Waals surface area (Å²) in [6, 6.07) is 47.4. The van der Waals surface area contributed by atoms with E-state index < -0.39 is 0 Å². The molecule has 0 fully saturated rings. The monoisotopic (exact) mass is 436 g/mol. The van der Waals surface area contributed by atoms with Crippen molar-refractivity contribution in [1.82, 2.24) is 0 Å². The molecule has 0 amide bonds. The third-order valence-electron chi connectivity index (χ3n) is 6.31. The van der Waals surface area contributed by atoms with Crippen molar-refractivity contribution in [3.05, 3.63) is 145 Å². The van der Waals surface area contributed by atoms with Crippen LogP contribution in [-0.4, -0.2) is 0 Å². The van der Waals surface area contributed by atoms with Gasteiger partial charge < -0.3 is 0 Å². The molecule has 164 valence electrons. The van der Waals surface area contributed by atoms with Crippen LogP contribution >= 0.6 is 0 Å². The Labute approximate surface area is 202 Å². The maximum Gasteiger partial charge on any atom is -0.0155 e. The zero-order chi connectivity index (χ0) is 23.3. The summed E-state index contributed by atoms with van der Waals surface area (Å²) < 4.78 is 0. The Hall–Kier alpha value is -4.16. The van der Waals surface area contributed by atoms with Gasteiger partial charge in [-0.2, -0.15) is 0 Å². The van der Waals surface area contributed by atoms with Gasteiger partial charge in [0.25, 0.3) is 0 Å².